The number of ketones is 1. The first kappa shape index (κ1) is 17.2. The zero-order valence-electron chi connectivity index (χ0n) is 13.5. The van der Waals surface area contributed by atoms with Gasteiger partial charge in [-0.05, 0) is 31.6 Å². The zero-order chi connectivity index (χ0) is 17.9. The number of hydrogen-bond donors (Lipinski definition) is 1. The van der Waals surface area contributed by atoms with Gasteiger partial charge in [0.2, 0.25) is 5.75 Å². The number of ether oxygens (including phenoxy) is 1. The summed E-state index contributed by atoms with van der Waals surface area (Å²) in [7, 11) is 1.29. The van der Waals surface area contributed by atoms with Crippen LogP contribution in [0.25, 0.3) is 6.08 Å². The largest absolute Gasteiger partial charge is 0.500 e. The minimum atomic E-state index is -0.719. The first-order valence-corrected chi connectivity index (χ1v) is 7.15. The Balaban J connectivity index is 2.29. The second kappa shape index (κ2) is 6.95. The molecule has 0 unspecified atom stereocenters. The van der Waals surface area contributed by atoms with Crippen molar-refractivity contribution < 1.29 is 19.6 Å². The minimum absolute atomic E-state index is 0.0380. The van der Waals surface area contributed by atoms with Crippen LogP contribution in [0.1, 0.15) is 35.8 Å². The molecule has 1 aromatic heterocycles. The summed E-state index contributed by atoms with van der Waals surface area (Å²) >= 11 is 0. The van der Waals surface area contributed by atoms with E-state index < -0.39 is 16.4 Å². The number of allylic oxidation sites excluding steroid dienone is 1. The fraction of sp³-hybridized carbons (Fsp3) is 0.250. The number of nitrogens with zero attached hydrogens (tertiary/aromatic N) is 3. The standard InChI is InChI=1S/C16H17N3O5/c1-10(2)18-9-12(8-17-18)14(20)5-4-11-6-13(19(22)23)16(21)15(7-11)24-3/h4-10,21H,1-3H3. The van der Waals surface area contributed by atoms with Crippen LogP contribution < -0.4 is 4.74 Å². The van der Waals surface area contributed by atoms with E-state index in [-0.39, 0.29) is 17.6 Å². The molecule has 0 fully saturated rings. The van der Waals surface area contributed by atoms with Crippen molar-refractivity contribution in [2.24, 2.45) is 0 Å². The second-order valence-corrected chi connectivity index (χ2v) is 5.35. The van der Waals surface area contributed by atoms with E-state index >= 15 is 0 Å². The van der Waals surface area contributed by atoms with Gasteiger partial charge in [-0.1, -0.05) is 6.08 Å². The summed E-state index contributed by atoms with van der Waals surface area (Å²) in [6.45, 7) is 3.89. The van der Waals surface area contributed by atoms with E-state index in [2.05, 4.69) is 5.10 Å². The second-order valence-electron chi connectivity index (χ2n) is 5.35. The van der Waals surface area contributed by atoms with E-state index in [0.29, 0.717) is 11.1 Å². The maximum atomic E-state index is 12.1. The monoisotopic (exact) mass is 331 g/mol. The van der Waals surface area contributed by atoms with Crippen molar-refractivity contribution >= 4 is 17.5 Å². The first-order chi connectivity index (χ1) is 11.3. The van der Waals surface area contributed by atoms with Gasteiger partial charge in [-0.3, -0.25) is 19.6 Å². The molecule has 1 N–H and O–H groups in total. The molecule has 0 radical (unpaired) electrons. The molecule has 2 aromatic rings. The molecule has 0 aliphatic rings. The molecule has 0 amide bonds. The maximum absolute atomic E-state index is 12.1. The van der Waals surface area contributed by atoms with Crippen molar-refractivity contribution in [1.29, 1.82) is 0 Å². The zero-order valence-corrected chi connectivity index (χ0v) is 13.5. The van der Waals surface area contributed by atoms with Gasteiger partial charge in [0.1, 0.15) is 0 Å². The number of phenols is 1. The normalized spacial score (nSPS) is 11.2. The predicted octanol–water partition coefficient (Wildman–Crippen LogP) is 2.98. The van der Waals surface area contributed by atoms with Gasteiger partial charge in [-0.15, -0.1) is 0 Å². The molecule has 1 heterocycles. The minimum Gasteiger partial charge on any atom is -0.500 e. The molecular weight excluding hydrogens is 314 g/mol. The lowest BCUT2D eigenvalue weighted by Gasteiger charge is -2.05. The molecule has 24 heavy (non-hydrogen) atoms. The number of nitro groups is 1. The third-order valence-electron chi connectivity index (χ3n) is 3.34. The highest BCUT2D eigenvalue weighted by Gasteiger charge is 2.19. The fourth-order valence-corrected chi connectivity index (χ4v) is 2.02. The lowest BCUT2D eigenvalue weighted by atomic mass is 10.1. The molecule has 0 bridgehead atoms. The topological polar surface area (TPSA) is 107 Å². The molecule has 8 heteroatoms. The highest BCUT2D eigenvalue weighted by Crippen LogP contribution is 2.37. The number of hydrogen-bond acceptors (Lipinski definition) is 6. The maximum Gasteiger partial charge on any atom is 0.315 e. The Hall–Kier alpha value is -3.16. The van der Waals surface area contributed by atoms with E-state index in [4.69, 9.17) is 4.74 Å². The van der Waals surface area contributed by atoms with E-state index in [0.717, 1.165) is 0 Å². The van der Waals surface area contributed by atoms with Crippen molar-refractivity contribution in [3.05, 3.63) is 51.8 Å². The highest BCUT2D eigenvalue weighted by molar-refractivity contribution is 6.06. The fourth-order valence-electron chi connectivity index (χ4n) is 2.02. The molecule has 2 rings (SSSR count). The quantitative estimate of drug-likeness (QED) is 0.377. The lowest BCUT2D eigenvalue weighted by Crippen LogP contribution is -2.00. The van der Waals surface area contributed by atoms with Gasteiger partial charge in [0.25, 0.3) is 0 Å². The van der Waals surface area contributed by atoms with E-state index in [1.807, 2.05) is 13.8 Å². The predicted molar refractivity (Wildman–Crippen MR) is 87.3 cm³/mol. The highest BCUT2D eigenvalue weighted by atomic mass is 16.6. The summed E-state index contributed by atoms with van der Waals surface area (Å²) < 4.78 is 6.57. The third kappa shape index (κ3) is 3.60. The van der Waals surface area contributed by atoms with Crippen LogP contribution in [0.15, 0.2) is 30.6 Å². The van der Waals surface area contributed by atoms with Crippen molar-refractivity contribution in [3.8, 4) is 11.5 Å². The first-order valence-electron chi connectivity index (χ1n) is 7.15. The van der Waals surface area contributed by atoms with Gasteiger partial charge in [0.15, 0.2) is 11.5 Å². The van der Waals surface area contributed by atoms with E-state index in [1.54, 1.807) is 10.9 Å². The summed E-state index contributed by atoms with van der Waals surface area (Å²) in [6, 6.07) is 2.71. The summed E-state index contributed by atoms with van der Waals surface area (Å²) in [5, 5.41) is 24.8. The Morgan fingerprint density at radius 2 is 2.17 bits per heavy atom. The number of aromatic nitrogens is 2. The van der Waals surface area contributed by atoms with Gasteiger partial charge >= 0.3 is 5.69 Å². The van der Waals surface area contributed by atoms with Crippen molar-refractivity contribution in [1.82, 2.24) is 9.78 Å². The molecule has 8 nitrogen and oxygen atoms in total. The van der Waals surface area contributed by atoms with Crippen molar-refractivity contribution in [2.75, 3.05) is 7.11 Å². The number of carbonyl (C=O) groups is 1. The van der Waals surface area contributed by atoms with Gasteiger partial charge in [-0.2, -0.15) is 5.10 Å². The average Bonchev–Trinajstić information content (AvgIpc) is 3.03. The van der Waals surface area contributed by atoms with Gasteiger partial charge in [-0.25, -0.2) is 0 Å². The number of benzene rings is 1. The Bertz CT molecular complexity index is 808. The number of methoxy groups -OCH3 is 1. The SMILES string of the molecule is COc1cc(C=CC(=O)c2cnn(C(C)C)c2)cc([N+](=O)[O-])c1O. The Morgan fingerprint density at radius 1 is 1.46 bits per heavy atom. The molecule has 1 aromatic carbocycles. The Kier molecular flexibility index (Phi) is 4.98. The summed E-state index contributed by atoms with van der Waals surface area (Å²) in [5.41, 5.74) is 0.287. The smallest absolute Gasteiger partial charge is 0.315 e. The van der Waals surface area contributed by atoms with Crippen molar-refractivity contribution in [3.63, 3.8) is 0 Å². The van der Waals surface area contributed by atoms with Crippen LogP contribution >= 0.6 is 0 Å². The summed E-state index contributed by atoms with van der Waals surface area (Å²) in [6.07, 6.45) is 5.81. The van der Waals surface area contributed by atoms with Gasteiger partial charge in [0.05, 0.1) is 23.8 Å². The average molecular weight is 331 g/mol. The molecule has 0 saturated carbocycles. The summed E-state index contributed by atoms with van der Waals surface area (Å²) in [4.78, 5) is 22.4. The Labute approximate surface area is 138 Å². The van der Waals surface area contributed by atoms with E-state index in [9.17, 15) is 20.0 Å². The van der Waals surface area contributed by atoms with Gasteiger partial charge < -0.3 is 9.84 Å². The van der Waals surface area contributed by atoms with Crippen LogP contribution in [0.4, 0.5) is 5.69 Å². The lowest BCUT2D eigenvalue weighted by molar-refractivity contribution is -0.386. The summed E-state index contributed by atoms with van der Waals surface area (Å²) in [5.74, 6) is -0.871. The van der Waals surface area contributed by atoms with Gasteiger partial charge in [0, 0.05) is 18.3 Å². The number of aromatic hydroxyl groups is 1. The van der Waals surface area contributed by atoms with Crippen LogP contribution in [0.3, 0.4) is 0 Å². The number of nitro benzene ring substituents is 1. The Morgan fingerprint density at radius 3 is 2.71 bits per heavy atom. The molecule has 126 valence electrons. The molecular formula is C16H17N3O5. The van der Waals surface area contributed by atoms with Crippen LogP contribution in [-0.2, 0) is 0 Å². The third-order valence-corrected chi connectivity index (χ3v) is 3.34. The van der Waals surface area contributed by atoms with Crippen LogP contribution in [0.2, 0.25) is 0 Å². The number of carbonyl (C=O) groups excluding carboxylic acids is 1. The molecule has 0 aliphatic carbocycles. The van der Waals surface area contributed by atoms with Crippen molar-refractivity contribution in [2.45, 2.75) is 19.9 Å². The number of phenolic OH excluding ortho intramolecular Hbond substituents is 1. The molecule has 0 aliphatic heterocycles. The van der Waals surface area contributed by atoms with E-state index in [1.165, 1.54) is 37.6 Å². The molecule has 0 spiro atoms. The van der Waals surface area contributed by atoms with Crippen LogP contribution in [0, 0.1) is 10.1 Å². The number of rotatable bonds is 6. The molecule has 0 atom stereocenters. The van der Waals surface area contributed by atoms with Crippen LogP contribution in [-0.4, -0.2) is 32.7 Å². The van der Waals surface area contributed by atoms with Crippen LogP contribution in [0.5, 0.6) is 11.5 Å². The molecule has 0 saturated heterocycles.